The van der Waals surface area contributed by atoms with E-state index >= 15 is 0 Å². The Morgan fingerprint density at radius 3 is 3.00 bits per heavy atom. The van der Waals surface area contributed by atoms with Gasteiger partial charge in [0.2, 0.25) is 0 Å². The van der Waals surface area contributed by atoms with Crippen molar-refractivity contribution < 1.29 is 9.47 Å². The van der Waals surface area contributed by atoms with Crippen LogP contribution in [-0.4, -0.2) is 13.7 Å². The normalized spacial score (nSPS) is 17.1. The van der Waals surface area contributed by atoms with Gasteiger partial charge in [-0.05, 0) is 35.9 Å². The van der Waals surface area contributed by atoms with Crippen molar-refractivity contribution in [2.24, 2.45) is 0 Å². The molecule has 0 saturated carbocycles. The Hall–Kier alpha value is -1.87. The minimum atomic E-state index is 0.0982. The highest BCUT2D eigenvalue weighted by Crippen LogP contribution is 2.36. The van der Waals surface area contributed by atoms with Crippen LogP contribution in [0, 0.1) is 0 Å². The molecule has 98 valence electrons. The lowest BCUT2D eigenvalue weighted by atomic mass is 10.1. The van der Waals surface area contributed by atoms with Crippen LogP contribution in [0.4, 0.5) is 5.69 Å². The maximum Gasteiger partial charge on any atom is 0.142 e. The van der Waals surface area contributed by atoms with Crippen LogP contribution in [0.5, 0.6) is 11.5 Å². The van der Waals surface area contributed by atoms with Crippen molar-refractivity contribution in [1.82, 2.24) is 0 Å². The molecule has 0 aromatic heterocycles. The van der Waals surface area contributed by atoms with E-state index in [1.807, 2.05) is 36.4 Å². The van der Waals surface area contributed by atoms with Crippen LogP contribution in [0.25, 0.3) is 0 Å². The summed E-state index contributed by atoms with van der Waals surface area (Å²) in [6, 6.07) is 13.7. The third-order valence-corrected chi connectivity index (χ3v) is 3.41. The van der Waals surface area contributed by atoms with Crippen molar-refractivity contribution >= 4 is 17.3 Å². The van der Waals surface area contributed by atoms with E-state index in [-0.39, 0.29) is 6.04 Å². The number of nitrogens with one attached hydrogen (secondary N) is 1. The van der Waals surface area contributed by atoms with E-state index in [4.69, 9.17) is 21.1 Å². The molecule has 3 nitrogen and oxygen atoms in total. The molecule has 0 aliphatic carbocycles. The molecule has 2 aromatic carbocycles. The standard InChI is InChI=1S/C15H14ClNO2/c1-18-12-4-2-3-10(7-12)14-9-19-15-6-5-11(16)8-13(15)17-14/h2-8,14,17H,9H2,1H3/t14-/m0/s1. The molecule has 3 rings (SSSR count). The Kier molecular flexibility index (Phi) is 3.22. The van der Waals surface area contributed by atoms with Gasteiger partial charge in [0.25, 0.3) is 0 Å². The minimum absolute atomic E-state index is 0.0982. The highest BCUT2D eigenvalue weighted by atomic mass is 35.5. The summed E-state index contributed by atoms with van der Waals surface area (Å²) in [5.74, 6) is 1.68. The Morgan fingerprint density at radius 2 is 2.16 bits per heavy atom. The van der Waals surface area contributed by atoms with Crippen molar-refractivity contribution in [1.29, 1.82) is 0 Å². The first-order chi connectivity index (χ1) is 9.26. The zero-order valence-corrected chi connectivity index (χ0v) is 11.3. The third-order valence-electron chi connectivity index (χ3n) is 3.17. The average molecular weight is 276 g/mol. The number of benzene rings is 2. The first kappa shape index (κ1) is 12.2. The molecule has 1 N–H and O–H groups in total. The first-order valence-electron chi connectivity index (χ1n) is 6.09. The molecule has 19 heavy (non-hydrogen) atoms. The number of halogens is 1. The van der Waals surface area contributed by atoms with Crippen molar-refractivity contribution in [2.75, 3.05) is 19.0 Å². The molecule has 0 radical (unpaired) electrons. The zero-order chi connectivity index (χ0) is 13.2. The summed E-state index contributed by atoms with van der Waals surface area (Å²) in [7, 11) is 1.67. The maximum atomic E-state index is 6.00. The largest absolute Gasteiger partial charge is 0.497 e. The lowest BCUT2D eigenvalue weighted by Gasteiger charge is -2.28. The van der Waals surface area contributed by atoms with E-state index in [1.54, 1.807) is 7.11 Å². The molecule has 0 unspecified atom stereocenters. The van der Waals surface area contributed by atoms with Crippen LogP contribution >= 0.6 is 11.6 Å². The fraction of sp³-hybridized carbons (Fsp3) is 0.200. The van der Waals surface area contributed by atoms with Gasteiger partial charge < -0.3 is 14.8 Å². The number of hydrogen-bond donors (Lipinski definition) is 1. The summed E-state index contributed by atoms with van der Waals surface area (Å²) < 4.78 is 11.0. The minimum Gasteiger partial charge on any atom is -0.497 e. The second-order valence-electron chi connectivity index (χ2n) is 4.43. The van der Waals surface area contributed by atoms with E-state index < -0.39 is 0 Å². The van der Waals surface area contributed by atoms with Crippen molar-refractivity contribution in [2.45, 2.75) is 6.04 Å². The summed E-state index contributed by atoms with van der Waals surface area (Å²) in [4.78, 5) is 0. The lowest BCUT2D eigenvalue weighted by molar-refractivity contribution is 0.286. The van der Waals surface area contributed by atoms with Gasteiger partial charge in [-0.25, -0.2) is 0 Å². The fourth-order valence-corrected chi connectivity index (χ4v) is 2.35. The molecule has 1 aliphatic heterocycles. The summed E-state index contributed by atoms with van der Waals surface area (Å²) in [6.07, 6.45) is 0. The van der Waals surface area contributed by atoms with E-state index in [2.05, 4.69) is 11.4 Å². The SMILES string of the molecule is COc1cccc([C@@H]2COc3ccc(Cl)cc3N2)c1. The van der Waals surface area contributed by atoms with Gasteiger partial charge in [-0.1, -0.05) is 23.7 Å². The number of fused-ring (bicyclic) bond motifs is 1. The number of rotatable bonds is 2. The summed E-state index contributed by atoms with van der Waals surface area (Å²) in [6.45, 7) is 0.585. The van der Waals surface area contributed by atoms with Crippen LogP contribution in [0.2, 0.25) is 5.02 Å². The molecule has 0 amide bonds. The highest BCUT2D eigenvalue weighted by Gasteiger charge is 2.20. The third kappa shape index (κ3) is 2.47. The van der Waals surface area contributed by atoms with Gasteiger partial charge in [-0.15, -0.1) is 0 Å². The van der Waals surface area contributed by atoms with Gasteiger partial charge in [-0.2, -0.15) is 0 Å². The van der Waals surface area contributed by atoms with Crippen LogP contribution < -0.4 is 14.8 Å². The second-order valence-corrected chi connectivity index (χ2v) is 4.86. The van der Waals surface area contributed by atoms with Crippen LogP contribution in [-0.2, 0) is 0 Å². The summed E-state index contributed by atoms with van der Waals surface area (Å²) >= 11 is 6.00. The van der Waals surface area contributed by atoms with E-state index in [1.165, 1.54) is 0 Å². The van der Waals surface area contributed by atoms with Crippen molar-refractivity contribution in [3.63, 3.8) is 0 Å². The summed E-state index contributed by atoms with van der Waals surface area (Å²) in [5, 5.41) is 4.14. The smallest absolute Gasteiger partial charge is 0.142 e. The van der Waals surface area contributed by atoms with Crippen LogP contribution in [0.3, 0.4) is 0 Å². The molecular formula is C15H14ClNO2. The molecule has 0 fully saturated rings. The van der Waals surface area contributed by atoms with Gasteiger partial charge in [0.15, 0.2) is 0 Å². The molecule has 1 aliphatic rings. The predicted octanol–water partition coefficient (Wildman–Crippen LogP) is 3.89. The van der Waals surface area contributed by atoms with Gasteiger partial charge >= 0.3 is 0 Å². The highest BCUT2D eigenvalue weighted by molar-refractivity contribution is 6.30. The van der Waals surface area contributed by atoms with E-state index in [9.17, 15) is 0 Å². The van der Waals surface area contributed by atoms with Crippen molar-refractivity contribution in [3.8, 4) is 11.5 Å². The molecule has 0 bridgehead atoms. The molecule has 0 spiro atoms. The quantitative estimate of drug-likeness (QED) is 0.902. The summed E-state index contributed by atoms with van der Waals surface area (Å²) in [5.41, 5.74) is 2.05. The fourth-order valence-electron chi connectivity index (χ4n) is 2.18. The molecule has 0 saturated heterocycles. The lowest BCUT2D eigenvalue weighted by Crippen LogP contribution is -2.23. The number of anilines is 1. The maximum absolute atomic E-state index is 6.00. The number of methoxy groups -OCH3 is 1. The zero-order valence-electron chi connectivity index (χ0n) is 10.5. The van der Waals surface area contributed by atoms with E-state index in [0.717, 1.165) is 22.7 Å². The van der Waals surface area contributed by atoms with Crippen molar-refractivity contribution in [3.05, 3.63) is 53.1 Å². The molecular weight excluding hydrogens is 262 g/mol. The predicted molar refractivity (Wildman–Crippen MR) is 76.3 cm³/mol. The van der Waals surface area contributed by atoms with Gasteiger partial charge in [0.1, 0.15) is 18.1 Å². The Balaban J connectivity index is 1.88. The Labute approximate surface area is 117 Å². The van der Waals surface area contributed by atoms with Gasteiger partial charge in [0.05, 0.1) is 18.8 Å². The van der Waals surface area contributed by atoms with Gasteiger partial charge in [-0.3, -0.25) is 0 Å². The molecule has 1 heterocycles. The molecule has 2 aromatic rings. The number of hydrogen-bond acceptors (Lipinski definition) is 3. The Morgan fingerprint density at radius 1 is 1.26 bits per heavy atom. The molecule has 4 heteroatoms. The van der Waals surface area contributed by atoms with Crippen LogP contribution in [0.1, 0.15) is 11.6 Å². The monoisotopic (exact) mass is 275 g/mol. The van der Waals surface area contributed by atoms with Gasteiger partial charge in [0, 0.05) is 5.02 Å². The van der Waals surface area contributed by atoms with E-state index in [0.29, 0.717) is 11.6 Å². The van der Waals surface area contributed by atoms with Crippen LogP contribution in [0.15, 0.2) is 42.5 Å². The number of ether oxygens (including phenoxy) is 2. The molecule has 1 atom stereocenters. The Bertz CT molecular complexity index is 600. The topological polar surface area (TPSA) is 30.5 Å². The second kappa shape index (κ2) is 5.02. The average Bonchev–Trinajstić information content (AvgIpc) is 2.46. The first-order valence-corrected chi connectivity index (χ1v) is 6.47.